The van der Waals surface area contributed by atoms with Gasteiger partial charge in [0.25, 0.3) is 0 Å². The lowest BCUT2D eigenvalue weighted by atomic mass is 10.3. The smallest absolute Gasteiger partial charge is 0.332 e. The van der Waals surface area contributed by atoms with Gasteiger partial charge >= 0.3 is 5.69 Å². The van der Waals surface area contributed by atoms with Crippen molar-refractivity contribution in [2.24, 2.45) is 0 Å². The van der Waals surface area contributed by atoms with Crippen molar-refractivity contribution < 1.29 is 4.92 Å². The molecule has 0 atom stereocenters. The maximum absolute atomic E-state index is 11.1. The van der Waals surface area contributed by atoms with E-state index in [1.165, 1.54) is 0 Å². The third kappa shape index (κ3) is 2.33. The molecule has 0 radical (unpaired) electrons. The molecule has 0 aliphatic carbocycles. The molecule has 0 unspecified atom stereocenters. The van der Waals surface area contributed by atoms with E-state index in [1.807, 2.05) is 4.90 Å². The van der Waals surface area contributed by atoms with Gasteiger partial charge in [-0.3, -0.25) is 10.1 Å². The van der Waals surface area contributed by atoms with Crippen molar-refractivity contribution in [2.45, 2.75) is 6.92 Å². The molecule has 0 bridgehead atoms. The zero-order chi connectivity index (χ0) is 13.1. The number of anilines is 2. The van der Waals surface area contributed by atoms with Crippen LogP contribution in [0.3, 0.4) is 0 Å². The van der Waals surface area contributed by atoms with Crippen LogP contribution in [-0.4, -0.2) is 48.1 Å². The highest BCUT2D eigenvalue weighted by atomic mass is 16.6. The lowest BCUT2D eigenvalue weighted by Crippen LogP contribution is -2.44. The summed E-state index contributed by atoms with van der Waals surface area (Å²) in [6.07, 6.45) is 0. The van der Waals surface area contributed by atoms with Crippen LogP contribution in [0.2, 0.25) is 0 Å². The average Bonchev–Trinajstić information content (AvgIpc) is 2.38. The Balaban J connectivity index is 2.47. The van der Waals surface area contributed by atoms with Gasteiger partial charge in [0, 0.05) is 33.2 Å². The van der Waals surface area contributed by atoms with E-state index in [0.29, 0.717) is 30.5 Å². The van der Waals surface area contributed by atoms with E-state index >= 15 is 0 Å². The molecule has 0 spiro atoms. The Kier molecular flexibility index (Phi) is 3.56. The number of piperazine rings is 1. The highest BCUT2D eigenvalue weighted by Gasteiger charge is 2.27. The monoisotopic (exact) mass is 252 g/mol. The summed E-state index contributed by atoms with van der Waals surface area (Å²) < 4.78 is 0. The number of aryl methyl sites for hydroxylation is 1. The molecule has 98 valence electrons. The van der Waals surface area contributed by atoms with Gasteiger partial charge in [-0.15, -0.1) is 0 Å². The quantitative estimate of drug-likeness (QED) is 0.583. The molecule has 0 amide bonds. The summed E-state index contributed by atoms with van der Waals surface area (Å²) in [5.74, 6) is 0.810. The summed E-state index contributed by atoms with van der Waals surface area (Å²) in [6, 6.07) is 0. The molecule has 0 saturated carbocycles. The van der Waals surface area contributed by atoms with Crippen LogP contribution in [0.5, 0.6) is 0 Å². The normalized spacial score (nSPS) is 15.6. The van der Waals surface area contributed by atoms with Crippen molar-refractivity contribution in [3.05, 3.63) is 15.8 Å². The first kappa shape index (κ1) is 12.5. The van der Waals surface area contributed by atoms with Crippen molar-refractivity contribution in [3.63, 3.8) is 0 Å². The van der Waals surface area contributed by atoms with Crippen LogP contribution in [-0.2, 0) is 0 Å². The third-order valence-electron chi connectivity index (χ3n) is 2.86. The lowest BCUT2D eigenvalue weighted by molar-refractivity contribution is -0.385. The Hall–Kier alpha value is -1.96. The summed E-state index contributed by atoms with van der Waals surface area (Å²) in [5.41, 5.74) is 0.379. The lowest BCUT2D eigenvalue weighted by Gasteiger charge is -2.28. The molecule has 1 saturated heterocycles. The van der Waals surface area contributed by atoms with Gasteiger partial charge < -0.3 is 15.5 Å². The molecule has 8 heteroatoms. The molecule has 1 aliphatic heterocycles. The zero-order valence-electron chi connectivity index (χ0n) is 10.4. The van der Waals surface area contributed by atoms with Gasteiger partial charge in [0.05, 0.1) is 4.92 Å². The summed E-state index contributed by atoms with van der Waals surface area (Å²) in [6.45, 7) is 4.65. The standard InChI is InChI=1S/C10H16N6O2/c1-7-8(16(17)18)9(14-10(11-2)13-7)15-5-3-12-4-6-15/h12H,3-6H2,1-2H3,(H,11,13,14). The minimum absolute atomic E-state index is 0.00380. The van der Waals surface area contributed by atoms with Crippen LogP contribution in [0, 0.1) is 17.0 Å². The fourth-order valence-corrected chi connectivity index (χ4v) is 1.97. The molecule has 18 heavy (non-hydrogen) atoms. The van der Waals surface area contributed by atoms with Crippen molar-refractivity contribution in [2.75, 3.05) is 43.4 Å². The highest BCUT2D eigenvalue weighted by Crippen LogP contribution is 2.29. The maximum atomic E-state index is 11.1. The molecule has 1 aromatic heterocycles. The van der Waals surface area contributed by atoms with E-state index < -0.39 is 4.92 Å². The SMILES string of the molecule is CNc1nc(C)c([N+](=O)[O-])c(N2CCNCC2)n1. The van der Waals surface area contributed by atoms with Gasteiger partial charge in [0.1, 0.15) is 5.69 Å². The van der Waals surface area contributed by atoms with Gasteiger partial charge in [0.2, 0.25) is 11.8 Å². The zero-order valence-corrected chi connectivity index (χ0v) is 10.4. The average molecular weight is 252 g/mol. The molecule has 8 nitrogen and oxygen atoms in total. The van der Waals surface area contributed by atoms with Crippen LogP contribution in [0.15, 0.2) is 0 Å². The van der Waals surface area contributed by atoms with Gasteiger partial charge in [-0.1, -0.05) is 0 Å². The number of nitrogens with one attached hydrogen (secondary N) is 2. The minimum atomic E-state index is -0.411. The predicted octanol–water partition coefficient (Wildman–Crippen LogP) is 0.145. The maximum Gasteiger partial charge on any atom is 0.332 e. The minimum Gasteiger partial charge on any atom is -0.357 e. The van der Waals surface area contributed by atoms with Gasteiger partial charge in [-0.05, 0) is 6.92 Å². The van der Waals surface area contributed by atoms with E-state index in [4.69, 9.17) is 0 Å². The Bertz CT molecular complexity index is 458. The Labute approximate surface area is 105 Å². The van der Waals surface area contributed by atoms with Gasteiger partial charge in [-0.25, -0.2) is 4.98 Å². The largest absolute Gasteiger partial charge is 0.357 e. The number of nitro groups is 1. The second kappa shape index (κ2) is 5.13. The van der Waals surface area contributed by atoms with E-state index in [-0.39, 0.29) is 5.69 Å². The summed E-state index contributed by atoms with van der Waals surface area (Å²) in [4.78, 5) is 21.0. The number of hydrogen-bond donors (Lipinski definition) is 2. The summed E-state index contributed by atoms with van der Waals surface area (Å²) >= 11 is 0. The Morgan fingerprint density at radius 3 is 2.61 bits per heavy atom. The molecule has 1 aromatic rings. The van der Waals surface area contributed by atoms with Crippen molar-refractivity contribution >= 4 is 17.5 Å². The predicted molar refractivity (Wildman–Crippen MR) is 68.1 cm³/mol. The van der Waals surface area contributed by atoms with Crippen LogP contribution < -0.4 is 15.5 Å². The van der Waals surface area contributed by atoms with Crippen LogP contribution in [0.25, 0.3) is 0 Å². The van der Waals surface area contributed by atoms with E-state index in [9.17, 15) is 10.1 Å². The molecular weight excluding hydrogens is 236 g/mol. The van der Waals surface area contributed by atoms with E-state index in [1.54, 1.807) is 14.0 Å². The number of nitrogens with zero attached hydrogens (tertiary/aromatic N) is 4. The Morgan fingerprint density at radius 2 is 2.06 bits per heavy atom. The van der Waals surface area contributed by atoms with Crippen molar-refractivity contribution in [1.29, 1.82) is 0 Å². The van der Waals surface area contributed by atoms with Crippen LogP contribution in [0.1, 0.15) is 5.69 Å². The summed E-state index contributed by atoms with van der Waals surface area (Å²) in [7, 11) is 1.70. The Morgan fingerprint density at radius 1 is 1.39 bits per heavy atom. The van der Waals surface area contributed by atoms with Crippen molar-refractivity contribution in [1.82, 2.24) is 15.3 Å². The van der Waals surface area contributed by atoms with Crippen LogP contribution in [0.4, 0.5) is 17.5 Å². The topological polar surface area (TPSA) is 96.2 Å². The summed E-state index contributed by atoms with van der Waals surface area (Å²) in [5, 5.41) is 17.2. The molecule has 2 rings (SSSR count). The molecule has 2 N–H and O–H groups in total. The van der Waals surface area contributed by atoms with Gasteiger partial charge in [0.15, 0.2) is 0 Å². The van der Waals surface area contributed by atoms with E-state index in [0.717, 1.165) is 13.1 Å². The molecular formula is C10H16N6O2. The molecule has 0 aromatic carbocycles. The number of hydrogen-bond acceptors (Lipinski definition) is 7. The van der Waals surface area contributed by atoms with Crippen molar-refractivity contribution in [3.8, 4) is 0 Å². The third-order valence-corrected chi connectivity index (χ3v) is 2.86. The fraction of sp³-hybridized carbons (Fsp3) is 0.600. The first-order chi connectivity index (χ1) is 8.63. The first-order valence-corrected chi connectivity index (χ1v) is 5.80. The van der Waals surface area contributed by atoms with Crippen LogP contribution >= 0.6 is 0 Å². The fourth-order valence-electron chi connectivity index (χ4n) is 1.97. The number of rotatable bonds is 3. The first-order valence-electron chi connectivity index (χ1n) is 5.80. The number of aromatic nitrogens is 2. The second-order valence-corrected chi connectivity index (χ2v) is 4.05. The highest BCUT2D eigenvalue weighted by molar-refractivity contribution is 5.62. The van der Waals surface area contributed by atoms with Gasteiger partial charge in [-0.2, -0.15) is 4.98 Å². The molecule has 1 aliphatic rings. The molecule has 1 fully saturated rings. The van der Waals surface area contributed by atoms with E-state index in [2.05, 4.69) is 20.6 Å². The second-order valence-electron chi connectivity index (χ2n) is 4.05. The molecule has 2 heterocycles.